The maximum atomic E-state index is 12.6. The summed E-state index contributed by atoms with van der Waals surface area (Å²) in [7, 11) is 0. The Morgan fingerprint density at radius 3 is 2.96 bits per heavy atom. The molecule has 1 atom stereocenters. The molecule has 1 aliphatic rings. The zero-order chi connectivity index (χ0) is 18.7. The van der Waals surface area contributed by atoms with E-state index in [0.717, 1.165) is 30.3 Å². The van der Waals surface area contributed by atoms with Crippen LogP contribution in [-0.4, -0.2) is 45.6 Å². The molecule has 1 saturated heterocycles. The summed E-state index contributed by atoms with van der Waals surface area (Å²) >= 11 is 6.06. The van der Waals surface area contributed by atoms with Crippen LogP contribution in [0.15, 0.2) is 24.4 Å². The van der Waals surface area contributed by atoms with Gasteiger partial charge >= 0.3 is 0 Å². The number of piperidine rings is 1. The second kappa shape index (κ2) is 8.08. The molecule has 0 bridgehead atoms. The average Bonchev–Trinajstić information content (AvgIpc) is 3.01. The van der Waals surface area contributed by atoms with Crippen molar-refractivity contribution >= 4 is 34.3 Å². The van der Waals surface area contributed by atoms with E-state index in [1.165, 1.54) is 0 Å². The van der Waals surface area contributed by atoms with Crippen LogP contribution in [-0.2, 0) is 16.1 Å². The number of nitrogens with one attached hydrogen (secondary N) is 1. The molecule has 2 amide bonds. The van der Waals surface area contributed by atoms with E-state index >= 15 is 0 Å². The highest BCUT2D eigenvalue weighted by Gasteiger charge is 2.28. The summed E-state index contributed by atoms with van der Waals surface area (Å²) < 4.78 is 1.81. The van der Waals surface area contributed by atoms with Gasteiger partial charge in [-0.2, -0.15) is 5.10 Å². The summed E-state index contributed by atoms with van der Waals surface area (Å²) in [6.07, 6.45) is 3.85. The van der Waals surface area contributed by atoms with Crippen molar-refractivity contribution in [2.24, 2.45) is 5.92 Å². The van der Waals surface area contributed by atoms with Crippen LogP contribution in [0.4, 0.5) is 0 Å². The molecule has 7 heteroatoms. The fraction of sp³-hybridized carbons (Fsp3) is 0.526. The van der Waals surface area contributed by atoms with Crippen molar-refractivity contribution in [3.05, 3.63) is 29.4 Å². The summed E-state index contributed by atoms with van der Waals surface area (Å²) in [6, 6.07) is 5.73. The van der Waals surface area contributed by atoms with Gasteiger partial charge in [0.15, 0.2) is 0 Å². The Balaban J connectivity index is 1.59. The van der Waals surface area contributed by atoms with E-state index in [0.29, 0.717) is 24.5 Å². The molecule has 26 heavy (non-hydrogen) atoms. The lowest BCUT2D eigenvalue weighted by Crippen LogP contribution is -2.46. The van der Waals surface area contributed by atoms with Crippen LogP contribution in [0.1, 0.15) is 33.1 Å². The molecule has 140 valence electrons. The number of likely N-dealkylation sites (tertiary alicyclic amines) is 1. The van der Waals surface area contributed by atoms with Crippen molar-refractivity contribution in [3.63, 3.8) is 0 Å². The average molecular weight is 377 g/mol. The maximum absolute atomic E-state index is 12.6. The Labute approximate surface area is 158 Å². The number of rotatable bonds is 5. The number of benzene rings is 1. The second-order valence-electron chi connectivity index (χ2n) is 7.16. The van der Waals surface area contributed by atoms with E-state index in [1.54, 1.807) is 6.20 Å². The zero-order valence-corrected chi connectivity index (χ0v) is 16.0. The Bertz CT molecular complexity index is 802. The molecular weight excluding hydrogens is 352 g/mol. The fourth-order valence-corrected chi connectivity index (χ4v) is 3.57. The van der Waals surface area contributed by atoms with Crippen molar-refractivity contribution in [1.29, 1.82) is 0 Å². The second-order valence-corrected chi connectivity index (χ2v) is 7.60. The number of carbonyl (C=O) groups is 2. The Hall–Kier alpha value is -2.08. The highest BCUT2D eigenvalue weighted by atomic mass is 35.5. The van der Waals surface area contributed by atoms with Crippen molar-refractivity contribution in [2.75, 3.05) is 13.1 Å². The molecule has 1 aromatic carbocycles. The third kappa shape index (κ3) is 4.36. The quantitative estimate of drug-likeness (QED) is 0.872. The molecule has 3 rings (SSSR count). The largest absolute Gasteiger partial charge is 0.354 e. The van der Waals surface area contributed by atoms with Crippen LogP contribution in [0.3, 0.4) is 0 Å². The standard InChI is InChI=1S/C19H25ClN4O2/c1-13(2)22-19(26)15-4-3-8-23(12-15)18(25)7-9-24-17-10-16(20)6-5-14(17)11-21-24/h5-6,10-11,13,15H,3-4,7-9,12H2,1-2H3,(H,22,26). The lowest BCUT2D eigenvalue weighted by molar-refractivity contribution is -0.136. The minimum absolute atomic E-state index is 0.0465. The molecule has 0 radical (unpaired) electrons. The summed E-state index contributed by atoms with van der Waals surface area (Å²) in [6.45, 7) is 5.62. The first-order chi connectivity index (χ1) is 12.4. The number of aromatic nitrogens is 2. The van der Waals surface area contributed by atoms with E-state index in [2.05, 4.69) is 10.4 Å². The smallest absolute Gasteiger partial charge is 0.225 e. The number of halogens is 1. The van der Waals surface area contributed by atoms with Crippen LogP contribution >= 0.6 is 11.6 Å². The van der Waals surface area contributed by atoms with Crippen molar-refractivity contribution in [1.82, 2.24) is 20.0 Å². The van der Waals surface area contributed by atoms with Gasteiger partial charge in [0, 0.05) is 36.0 Å². The first kappa shape index (κ1) is 18.7. The van der Waals surface area contributed by atoms with Crippen molar-refractivity contribution in [2.45, 2.75) is 45.7 Å². The number of nitrogens with zero attached hydrogens (tertiary/aromatic N) is 3. The molecule has 1 unspecified atom stereocenters. The highest BCUT2D eigenvalue weighted by molar-refractivity contribution is 6.31. The summed E-state index contributed by atoms with van der Waals surface area (Å²) in [5, 5.41) is 8.96. The van der Waals surface area contributed by atoms with Gasteiger partial charge in [0.05, 0.1) is 24.2 Å². The number of fused-ring (bicyclic) bond motifs is 1. The Kier molecular flexibility index (Phi) is 5.81. The first-order valence-electron chi connectivity index (χ1n) is 9.13. The SMILES string of the molecule is CC(C)NC(=O)C1CCCN(C(=O)CCn2ncc3ccc(Cl)cc32)C1. The van der Waals surface area contributed by atoms with Crippen LogP contribution in [0.2, 0.25) is 5.02 Å². The lowest BCUT2D eigenvalue weighted by Gasteiger charge is -2.32. The van der Waals surface area contributed by atoms with E-state index in [4.69, 9.17) is 11.6 Å². The molecular formula is C19H25ClN4O2. The number of amides is 2. The minimum atomic E-state index is -0.112. The molecule has 0 aliphatic carbocycles. The maximum Gasteiger partial charge on any atom is 0.225 e. The molecule has 1 aliphatic heterocycles. The van der Waals surface area contributed by atoms with E-state index in [9.17, 15) is 9.59 Å². The molecule has 1 N–H and O–H groups in total. The van der Waals surface area contributed by atoms with Gasteiger partial charge in [0.25, 0.3) is 0 Å². The monoisotopic (exact) mass is 376 g/mol. The molecule has 0 saturated carbocycles. The van der Waals surface area contributed by atoms with E-state index in [1.807, 2.05) is 41.6 Å². The van der Waals surface area contributed by atoms with Gasteiger partial charge in [0.1, 0.15) is 0 Å². The van der Waals surface area contributed by atoms with E-state index in [-0.39, 0.29) is 23.8 Å². The topological polar surface area (TPSA) is 67.2 Å². The van der Waals surface area contributed by atoms with Gasteiger partial charge in [0.2, 0.25) is 11.8 Å². The minimum Gasteiger partial charge on any atom is -0.354 e. The number of aryl methyl sites for hydroxylation is 1. The molecule has 6 nitrogen and oxygen atoms in total. The van der Waals surface area contributed by atoms with Gasteiger partial charge in [-0.15, -0.1) is 0 Å². The molecule has 1 fully saturated rings. The zero-order valence-electron chi connectivity index (χ0n) is 15.2. The van der Waals surface area contributed by atoms with Crippen molar-refractivity contribution < 1.29 is 9.59 Å². The first-order valence-corrected chi connectivity index (χ1v) is 9.51. The predicted molar refractivity (Wildman–Crippen MR) is 102 cm³/mol. The van der Waals surface area contributed by atoms with E-state index < -0.39 is 0 Å². The summed E-state index contributed by atoms with van der Waals surface area (Å²) in [4.78, 5) is 26.6. The van der Waals surface area contributed by atoms with Gasteiger partial charge in [-0.3, -0.25) is 14.3 Å². The third-order valence-corrected chi connectivity index (χ3v) is 4.96. The van der Waals surface area contributed by atoms with Gasteiger partial charge in [-0.05, 0) is 44.9 Å². The fourth-order valence-electron chi connectivity index (χ4n) is 3.40. The highest BCUT2D eigenvalue weighted by Crippen LogP contribution is 2.20. The van der Waals surface area contributed by atoms with Crippen molar-refractivity contribution in [3.8, 4) is 0 Å². The lowest BCUT2D eigenvalue weighted by atomic mass is 9.96. The summed E-state index contributed by atoms with van der Waals surface area (Å²) in [5.41, 5.74) is 0.929. The molecule has 1 aromatic heterocycles. The van der Waals surface area contributed by atoms with Crippen LogP contribution < -0.4 is 5.32 Å². The predicted octanol–water partition coefficient (Wildman–Crippen LogP) is 2.84. The van der Waals surface area contributed by atoms with Gasteiger partial charge < -0.3 is 10.2 Å². The Morgan fingerprint density at radius 2 is 2.19 bits per heavy atom. The molecule has 2 heterocycles. The van der Waals surface area contributed by atoms with Crippen LogP contribution in [0, 0.1) is 5.92 Å². The number of hydrogen-bond donors (Lipinski definition) is 1. The van der Waals surface area contributed by atoms with Crippen LogP contribution in [0.25, 0.3) is 10.9 Å². The van der Waals surface area contributed by atoms with Crippen LogP contribution in [0.5, 0.6) is 0 Å². The molecule has 0 spiro atoms. The third-order valence-electron chi connectivity index (χ3n) is 4.72. The molecule has 2 aromatic rings. The normalized spacial score (nSPS) is 17.7. The summed E-state index contributed by atoms with van der Waals surface area (Å²) in [5.74, 6) is 0.00220. The number of hydrogen-bond acceptors (Lipinski definition) is 3. The Morgan fingerprint density at radius 1 is 1.38 bits per heavy atom. The van der Waals surface area contributed by atoms with Gasteiger partial charge in [-0.25, -0.2) is 0 Å². The number of carbonyl (C=O) groups excluding carboxylic acids is 2. The van der Waals surface area contributed by atoms with Gasteiger partial charge in [-0.1, -0.05) is 11.6 Å².